The number of carbonyl (C=O) groups is 1. The van der Waals surface area contributed by atoms with E-state index in [-0.39, 0.29) is 6.42 Å². The molecule has 0 bridgehead atoms. The van der Waals surface area contributed by atoms with Crippen LogP contribution in [0.2, 0.25) is 0 Å². The molecule has 0 atom stereocenters. The van der Waals surface area contributed by atoms with Gasteiger partial charge in [-0.25, -0.2) is 0 Å². The molecule has 12 heavy (non-hydrogen) atoms. The molecule has 2 nitrogen and oxygen atoms in total. The highest BCUT2D eigenvalue weighted by molar-refractivity contribution is 5.68. The maximum Gasteiger partial charge on any atom is 0.307 e. The molecule has 0 radical (unpaired) electrons. The molecule has 1 N–H and O–H groups in total. The van der Waals surface area contributed by atoms with E-state index in [2.05, 4.69) is 6.58 Å². The number of carboxylic acids is 1. The van der Waals surface area contributed by atoms with Crippen molar-refractivity contribution in [2.24, 2.45) is 0 Å². The van der Waals surface area contributed by atoms with Crippen molar-refractivity contribution < 1.29 is 9.90 Å². The Hall–Kier alpha value is -1.31. The molecule has 0 spiro atoms. The molecule has 0 aromatic heterocycles. The average Bonchev–Trinajstić information content (AvgIpc) is 2.02. The van der Waals surface area contributed by atoms with E-state index in [1.54, 1.807) is 6.08 Å². The van der Waals surface area contributed by atoms with Gasteiger partial charge in [-0.15, -0.1) is 6.58 Å². The van der Waals surface area contributed by atoms with E-state index in [0.717, 1.165) is 12.8 Å². The Labute approximate surface area is 72.9 Å². The van der Waals surface area contributed by atoms with Crippen LogP contribution in [-0.2, 0) is 4.79 Å². The van der Waals surface area contributed by atoms with Crippen LogP contribution in [-0.4, -0.2) is 11.1 Å². The first-order chi connectivity index (χ1) is 5.77. The standard InChI is InChI=1S/C10H14O2/c1-2-3-4-5-6-7-8-9-10(11)12/h2,4-5,7-8H,1,3,6,9H2,(H,11,12). The molecule has 0 fully saturated rings. The van der Waals surface area contributed by atoms with Crippen LogP contribution in [0.1, 0.15) is 19.3 Å². The highest BCUT2D eigenvalue weighted by Gasteiger charge is 1.86. The van der Waals surface area contributed by atoms with Crippen LogP contribution in [0.5, 0.6) is 0 Å². The molecule has 0 amide bonds. The van der Waals surface area contributed by atoms with Gasteiger partial charge in [-0.3, -0.25) is 4.79 Å². The molecule has 0 saturated heterocycles. The van der Waals surface area contributed by atoms with Gasteiger partial charge in [-0.1, -0.05) is 30.4 Å². The number of carboxylic acid groups (broad SMARTS) is 1. The number of allylic oxidation sites excluding steroid dienone is 4. The Morgan fingerprint density at radius 3 is 2.33 bits per heavy atom. The van der Waals surface area contributed by atoms with Crippen molar-refractivity contribution in [3.05, 3.63) is 37.0 Å². The van der Waals surface area contributed by atoms with Gasteiger partial charge >= 0.3 is 5.97 Å². The SMILES string of the molecule is C=CCC=CCC=CCC(=O)O. The van der Waals surface area contributed by atoms with Crippen molar-refractivity contribution in [2.45, 2.75) is 19.3 Å². The number of rotatable bonds is 6. The fourth-order valence-corrected chi connectivity index (χ4v) is 0.648. The van der Waals surface area contributed by atoms with Crippen LogP contribution < -0.4 is 0 Å². The minimum Gasteiger partial charge on any atom is -0.481 e. The summed E-state index contributed by atoms with van der Waals surface area (Å²) in [5, 5.41) is 8.27. The molecule has 0 rings (SSSR count). The summed E-state index contributed by atoms with van der Waals surface area (Å²) in [6.45, 7) is 3.57. The molecule has 0 aliphatic heterocycles. The fourth-order valence-electron chi connectivity index (χ4n) is 0.648. The van der Waals surface area contributed by atoms with Crippen molar-refractivity contribution in [2.75, 3.05) is 0 Å². The lowest BCUT2D eigenvalue weighted by atomic mass is 10.3. The predicted octanol–water partition coefficient (Wildman–Crippen LogP) is 2.54. The highest BCUT2D eigenvalue weighted by atomic mass is 16.4. The van der Waals surface area contributed by atoms with E-state index in [0.29, 0.717) is 0 Å². The van der Waals surface area contributed by atoms with Gasteiger partial charge in [-0.05, 0) is 12.8 Å². The van der Waals surface area contributed by atoms with Gasteiger partial charge < -0.3 is 5.11 Å². The van der Waals surface area contributed by atoms with E-state index in [1.807, 2.05) is 24.3 Å². The summed E-state index contributed by atoms with van der Waals surface area (Å²) in [4.78, 5) is 10.1. The van der Waals surface area contributed by atoms with Crippen molar-refractivity contribution in [3.8, 4) is 0 Å². The van der Waals surface area contributed by atoms with E-state index in [4.69, 9.17) is 5.11 Å². The van der Waals surface area contributed by atoms with Crippen molar-refractivity contribution >= 4 is 5.97 Å². The maximum atomic E-state index is 10.1. The summed E-state index contributed by atoms with van der Waals surface area (Å²) in [6.07, 6.45) is 11.1. The Kier molecular flexibility index (Phi) is 6.94. The first-order valence-electron chi connectivity index (χ1n) is 3.90. The molecule has 0 aromatic carbocycles. The molecule has 0 aromatic rings. The largest absolute Gasteiger partial charge is 0.481 e. The van der Waals surface area contributed by atoms with Gasteiger partial charge in [0, 0.05) is 0 Å². The molecule has 0 heterocycles. The average molecular weight is 166 g/mol. The summed E-state index contributed by atoms with van der Waals surface area (Å²) in [5.74, 6) is -0.790. The molecular weight excluding hydrogens is 152 g/mol. The van der Waals surface area contributed by atoms with Crippen LogP contribution in [0, 0.1) is 0 Å². The Morgan fingerprint density at radius 2 is 1.75 bits per heavy atom. The van der Waals surface area contributed by atoms with Gasteiger partial charge in [-0.2, -0.15) is 0 Å². The topological polar surface area (TPSA) is 37.3 Å². The summed E-state index contributed by atoms with van der Waals surface area (Å²) in [7, 11) is 0. The number of hydrogen-bond acceptors (Lipinski definition) is 1. The third kappa shape index (κ3) is 8.69. The highest BCUT2D eigenvalue weighted by Crippen LogP contribution is 1.91. The number of hydrogen-bond donors (Lipinski definition) is 1. The van der Waals surface area contributed by atoms with Crippen molar-refractivity contribution in [3.63, 3.8) is 0 Å². The summed E-state index contributed by atoms with van der Waals surface area (Å²) < 4.78 is 0. The summed E-state index contributed by atoms with van der Waals surface area (Å²) in [5.41, 5.74) is 0. The lowest BCUT2D eigenvalue weighted by molar-refractivity contribution is -0.136. The van der Waals surface area contributed by atoms with Crippen LogP contribution >= 0.6 is 0 Å². The van der Waals surface area contributed by atoms with E-state index < -0.39 is 5.97 Å². The first kappa shape index (κ1) is 10.7. The second-order valence-electron chi connectivity index (χ2n) is 2.30. The van der Waals surface area contributed by atoms with Crippen LogP contribution in [0.25, 0.3) is 0 Å². The monoisotopic (exact) mass is 166 g/mol. The summed E-state index contributed by atoms with van der Waals surface area (Å²) >= 11 is 0. The van der Waals surface area contributed by atoms with E-state index >= 15 is 0 Å². The maximum absolute atomic E-state index is 10.1. The Morgan fingerprint density at radius 1 is 1.17 bits per heavy atom. The fraction of sp³-hybridized carbons (Fsp3) is 0.300. The predicted molar refractivity (Wildman–Crippen MR) is 50.0 cm³/mol. The lowest BCUT2D eigenvalue weighted by Gasteiger charge is -1.83. The lowest BCUT2D eigenvalue weighted by Crippen LogP contribution is -1.89. The van der Waals surface area contributed by atoms with E-state index in [9.17, 15) is 4.79 Å². The van der Waals surface area contributed by atoms with E-state index in [1.165, 1.54) is 0 Å². The van der Waals surface area contributed by atoms with Gasteiger partial charge in [0.25, 0.3) is 0 Å². The zero-order valence-corrected chi connectivity index (χ0v) is 7.07. The Balaban J connectivity index is 3.35. The first-order valence-corrected chi connectivity index (χ1v) is 3.90. The smallest absolute Gasteiger partial charge is 0.307 e. The molecule has 0 aliphatic rings. The number of aliphatic carboxylic acids is 1. The second kappa shape index (κ2) is 7.79. The van der Waals surface area contributed by atoms with Gasteiger partial charge in [0.15, 0.2) is 0 Å². The third-order valence-electron chi connectivity index (χ3n) is 1.20. The second-order valence-corrected chi connectivity index (χ2v) is 2.30. The minimum absolute atomic E-state index is 0.106. The van der Waals surface area contributed by atoms with Crippen molar-refractivity contribution in [1.82, 2.24) is 0 Å². The van der Waals surface area contributed by atoms with Crippen LogP contribution in [0.3, 0.4) is 0 Å². The normalized spacial score (nSPS) is 11.0. The minimum atomic E-state index is -0.790. The Bertz CT molecular complexity index is 190. The van der Waals surface area contributed by atoms with Gasteiger partial charge in [0.1, 0.15) is 0 Å². The van der Waals surface area contributed by atoms with Gasteiger partial charge in [0.2, 0.25) is 0 Å². The molecule has 0 aliphatic carbocycles. The van der Waals surface area contributed by atoms with Crippen LogP contribution in [0.4, 0.5) is 0 Å². The third-order valence-corrected chi connectivity index (χ3v) is 1.20. The summed E-state index contributed by atoms with van der Waals surface area (Å²) in [6, 6.07) is 0. The quantitative estimate of drug-likeness (QED) is 0.615. The zero-order chi connectivity index (χ0) is 9.23. The molecule has 2 heteroatoms. The van der Waals surface area contributed by atoms with Crippen molar-refractivity contribution in [1.29, 1.82) is 0 Å². The molecule has 0 saturated carbocycles. The molecule has 66 valence electrons. The zero-order valence-electron chi connectivity index (χ0n) is 7.07. The van der Waals surface area contributed by atoms with Gasteiger partial charge in [0.05, 0.1) is 6.42 Å². The van der Waals surface area contributed by atoms with Crippen LogP contribution in [0.15, 0.2) is 37.0 Å². The molecule has 0 unspecified atom stereocenters. The molecular formula is C10H14O2.